The van der Waals surface area contributed by atoms with Crippen molar-refractivity contribution < 1.29 is 5.11 Å². The van der Waals surface area contributed by atoms with Crippen LogP contribution in [0.3, 0.4) is 0 Å². The number of nitrogens with zero attached hydrogens (tertiary/aromatic N) is 1. The molecule has 3 heteroatoms. The molecule has 1 aliphatic heterocycles. The second-order valence-corrected chi connectivity index (χ2v) is 6.70. The highest BCUT2D eigenvalue weighted by atomic mass is 16.3. The molecule has 1 aliphatic carbocycles. The third kappa shape index (κ3) is 3.21. The molecule has 3 N–H and O–H groups in total. The van der Waals surface area contributed by atoms with E-state index in [1.54, 1.807) is 0 Å². The lowest BCUT2D eigenvalue weighted by Gasteiger charge is -2.44. The van der Waals surface area contributed by atoms with Gasteiger partial charge in [0, 0.05) is 25.7 Å². The predicted molar refractivity (Wildman–Crippen MR) is 70.8 cm³/mol. The van der Waals surface area contributed by atoms with Crippen molar-refractivity contribution in [2.75, 3.05) is 19.6 Å². The Labute approximate surface area is 105 Å². The topological polar surface area (TPSA) is 49.5 Å². The zero-order chi connectivity index (χ0) is 12.5. The molecule has 2 rings (SSSR count). The smallest absolute Gasteiger partial charge is 0.0564 e. The summed E-state index contributed by atoms with van der Waals surface area (Å²) < 4.78 is 0. The van der Waals surface area contributed by atoms with E-state index in [1.165, 1.54) is 19.3 Å². The molecular weight excluding hydrogens is 212 g/mol. The quantitative estimate of drug-likeness (QED) is 0.771. The molecule has 0 aromatic heterocycles. The highest BCUT2D eigenvalue weighted by Crippen LogP contribution is 2.38. The van der Waals surface area contributed by atoms with E-state index in [0.717, 1.165) is 32.5 Å². The van der Waals surface area contributed by atoms with Gasteiger partial charge in [-0.1, -0.05) is 20.3 Å². The van der Waals surface area contributed by atoms with Gasteiger partial charge in [-0.2, -0.15) is 0 Å². The van der Waals surface area contributed by atoms with Crippen LogP contribution in [0.1, 0.15) is 46.0 Å². The average Bonchev–Trinajstić information content (AvgIpc) is 2.28. The molecule has 2 unspecified atom stereocenters. The fourth-order valence-electron chi connectivity index (χ4n) is 3.44. The number of likely N-dealkylation sites (tertiary alicyclic amines) is 1. The van der Waals surface area contributed by atoms with Gasteiger partial charge in [0.2, 0.25) is 0 Å². The minimum absolute atomic E-state index is 0.0669. The Bertz CT molecular complexity index is 247. The lowest BCUT2D eigenvalue weighted by atomic mass is 9.68. The Morgan fingerprint density at radius 3 is 2.53 bits per heavy atom. The van der Waals surface area contributed by atoms with Gasteiger partial charge in [0.25, 0.3) is 0 Å². The molecule has 1 heterocycles. The van der Waals surface area contributed by atoms with Gasteiger partial charge in [0.15, 0.2) is 0 Å². The van der Waals surface area contributed by atoms with Crippen molar-refractivity contribution in [1.29, 1.82) is 0 Å². The molecule has 0 aromatic carbocycles. The number of hydrogen-bond donors (Lipinski definition) is 2. The van der Waals surface area contributed by atoms with Crippen molar-refractivity contribution in [2.45, 2.75) is 58.1 Å². The van der Waals surface area contributed by atoms with Gasteiger partial charge >= 0.3 is 0 Å². The standard InChI is InChI=1S/C14H28N2O/c1-14(2)7-3-4-11(13(14)15)10-16-8-5-12(17)6-9-16/h11-13,17H,3-10,15H2,1-2H3. The van der Waals surface area contributed by atoms with Gasteiger partial charge in [0.1, 0.15) is 0 Å². The molecule has 0 aromatic rings. The minimum Gasteiger partial charge on any atom is -0.393 e. The molecule has 0 bridgehead atoms. The van der Waals surface area contributed by atoms with Gasteiger partial charge in [-0.25, -0.2) is 0 Å². The maximum atomic E-state index is 9.52. The molecule has 0 spiro atoms. The fourth-order valence-corrected chi connectivity index (χ4v) is 3.44. The van der Waals surface area contributed by atoms with Gasteiger partial charge < -0.3 is 15.7 Å². The highest BCUT2D eigenvalue weighted by molar-refractivity contribution is 4.92. The molecule has 1 saturated carbocycles. The Kier molecular flexibility index (Phi) is 4.11. The summed E-state index contributed by atoms with van der Waals surface area (Å²) in [5, 5.41) is 9.52. The molecule has 17 heavy (non-hydrogen) atoms. The number of aliphatic hydroxyl groups is 1. The zero-order valence-electron chi connectivity index (χ0n) is 11.4. The van der Waals surface area contributed by atoms with Crippen LogP contribution in [0.25, 0.3) is 0 Å². The summed E-state index contributed by atoms with van der Waals surface area (Å²) in [4.78, 5) is 2.50. The van der Waals surface area contributed by atoms with E-state index in [-0.39, 0.29) is 6.10 Å². The molecule has 0 amide bonds. The summed E-state index contributed by atoms with van der Waals surface area (Å²) in [6.07, 6.45) is 5.67. The van der Waals surface area contributed by atoms with E-state index in [1.807, 2.05) is 0 Å². The van der Waals surface area contributed by atoms with Crippen molar-refractivity contribution in [3.8, 4) is 0 Å². The van der Waals surface area contributed by atoms with Gasteiger partial charge in [-0.3, -0.25) is 0 Å². The summed E-state index contributed by atoms with van der Waals surface area (Å²) in [7, 11) is 0. The van der Waals surface area contributed by atoms with E-state index >= 15 is 0 Å². The number of nitrogens with two attached hydrogens (primary N) is 1. The monoisotopic (exact) mass is 240 g/mol. The van der Waals surface area contributed by atoms with Crippen molar-refractivity contribution in [2.24, 2.45) is 17.1 Å². The molecular formula is C14H28N2O. The number of aliphatic hydroxyl groups excluding tert-OH is 1. The van der Waals surface area contributed by atoms with E-state index in [2.05, 4.69) is 18.7 Å². The van der Waals surface area contributed by atoms with Crippen molar-refractivity contribution in [1.82, 2.24) is 4.90 Å². The first-order valence-electron chi connectivity index (χ1n) is 7.15. The van der Waals surface area contributed by atoms with Crippen LogP contribution in [0.15, 0.2) is 0 Å². The van der Waals surface area contributed by atoms with Crippen LogP contribution in [0.5, 0.6) is 0 Å². The van der Waals surface area contributed by atoms with Crippen molar-refractivity contribution in [3.05, 3.63) is 0 Å². The Morgan fingerprint density at radius 2 is 1.88 bits per heavy atom. The van der Waals surface area contributed by atoms with Crippen LogP contribution < -0.4 is 5.73 Å². The third-order valence-corrected chi connectivity index (χ3v) is 4.86. The Balaban J connectivity index is 1.86. The van der Waals surface area contributed by atoms with Crippen LogP contribution in [0.4, 0.5) is 0 Å². The molecule has 1 saturated heterocycles. The highest BCUT2D eigenvalue weighted by Gasteiger charge is 2.37. The van der Waals surface area contributed by atoms with Gasteiger partial charge in [-0.05, 0) is 37.0 Å². The van der Waals surface area contributed by atoms with E-state index in [9.17, 15) is 5.11 Å². The van der Waals surface area contributed by atoms with E-state index < -0.39 is 0 Å². The second kappa shape index (κ2) is 5.25. The molecule has 2 atom stereocenters. The minimum atomic E-state index is -0.0669. The van der Waals surface area contributed by atoms with Crippen LogP contribution in [-0.4, -0.2) is 41.8 Å². The van der Waals surface area contributed by atoms with Crippen LogP contribution in [0, 0.1) is 11.3 Å². The number of rotatable bonds is 2. The Morgan fingerprint density at radius 1 is 1.24 bits per heavy atom. The lowest BCUT2D eigenvalue weighted by molar-refractivity contribution is 0.0525. The molecule has 0 radical (unpaired) electrons. The van der Waals surface area contributed by atoms with Crippen molar-refractivity contribution in [3.63, 3.8) is 0 Å². The van der Waals surface area contributed by atoms with E-state index in [4.69, 9.17) is 5.73 Å². The number of hydrogen-bond acceptors (Lipinski definition) is 3. The predicted octanol–water partition coefficient (Wildman–Crippen LogP) is 1.60. The first-order chi connectivity index (χ1) is 7.99. The lowest BCUT2D eigenvalue weighted by Crippen LogP contribution is -2.51. The zero-order valence-corrected chi connectivity index (χ0v) is 11.4. The third-order valence-electron chi connectivity index (χ3n) is 4.86. The molecule has 2 aliphatic rings. The van der Waals surface area contributed by atoms with E-state index in [0.29, 0.717) is 17.4 Å². The first kappa shape index (κ1) is 13.3. The first-order valence-corrected chi connectivity index (χ1v) is 7.15. The SMILES string of the molecule is CC1(C)CCCC(CN2CCC(O)CC2)C1N. The summed E-state index contributed by atoms with van der Waals surface area (Å²) in [5.74, 6) is 0.647. The fraction of sp³-hybridized carbons (Fsp3) is 1.00. The molecule has 2 fully saturated rings. The normalized spacial score (nSPS) is 36.0. The van der Waals surface area contributed by atoms with Crippen molar-refractivity contribution >= 4 is 0 Å². The maximum absolute atomic E-state index is 9.52. The van der Waals surface area contributed by atoms with Crippen LogP contribution in [0.2, 0.25) is 0 Å². The molecule has 3 nitrogen and oxygen atoms in total. The maximum Gasteiger partial charge on any atom is 0.0564 e. The average molecular weight is 240 g/mol. The van der Waals surface area contributed by atoms with Gasteiger partial charge in [0.05, 0.1) is 6.10 Å². The summed E-state index contributed by atoms with van der Waals surface area (Å²) >= 11 is 0. The van der Waals surface area contributed by atoms with Crippen LogP contribution in [-0.2, 0) is 0 Å². The second-order valence-electron chi connectivity index (χ2n) is 6.70. The molecule has 100 valence electrons. The number of piperidine rings is 1. The van der Waals surface area contributed by atoms with Crippen LogP contribution >= 0.6 is 0 Å². The summed E-state index contributed by atoms with van der Waals surface area (Å²) in [6.45, 7) is 7.85. The largest absolute Gasteiger partial charge is 0.393 e. The summed E-state index contributed by atoms with van der Waals surface area (Å²) in [6, 6.07) is 0.336. The van der Waals surface area contributed by atoms with Gasteiger partial charge in [-0.15, -0.1) is 0 Å². The Hall–Kier alpha value is -0.120. The summed E-state index contributed by atoms with van der Waals surface area (Å²) in [5.41, 5.74) is 6.73.